The fourth-order valence-electron chi connectivity index (χ4n) is 7.54. The van der Waals surface area contributed by atoms with Crippen molar-refractivity contribution in [3.05, 3.63) is 218 Å². The fraction of sp³-hybridized carbons (Fsp3) is 0. The first kappa shape index (κ1) is 32.5. The molecule has 54 heavy (non-hydrogen) atoms. The molecule has 6 heteroatoms. The van der Waals surface area contributed by atoms with E-state index in [4.69, 9.17) is 0 Å². The van der Waals surface area contributed by atoms with Crippen LogP contribution in [0.5, 0.6) is 0 Å². The molecule has 4 nitrogen and oxygen atoms in total. The van der Waals surface area contributed by atoms with Gasteiger partial charge in [0.05, 0.1) is 22.7 Å². The monoisotopic (exact) mass is 730 g/mol. The molecule has 0 spiro atoms. The molecule has 0 N–H and O–H groups in total. The van der Waals surface area contributed by atoms with Crippen LogP contribution in [0.25, 0.3) is 11.1 Å². The van der Waals surface area contributed by atoms with E-state index in [1.54, 1.807) is 0 Å². The van der Waals surface area contributed by atoms with Crippen molar-refractivity contribution in [1.29, 1.82) is 0 Å². The molecule has 0 aromatic heterocycles. The Balaban J connectivity index is 1.02. The summed E-state index contributed by atoms with van der Waals surface area (Å²) in [5.41, 5.74) is 12.1. The molecule has 2 aliphatic rings. The lowest BCUT2D eigenvalue weighted by Crippen LogP contribution is -2.22. The van der Waals surface area contributed by atoms with Crippen molar-refractivity contribution in [2.75, 3.05) is 18.7 Å². The van der Waals surface area contributed by atoms with Gasteiger partial charge in [-0.15, -0.1) is 0 Å². The Labute approximate surface area is 319 Å². The predicted molar refractivity (Wildman–Crippen MR) is 232 cm³/mol. The number of anilines is 8. The summed E-state index contributed by atoms with van der Waals surface area (Å²) in [5, 5.41) is 2.58. The highest BCUT2D eigenvalue weighted by atomic mass is 31.1. The van der Waals surface area contributed by atoms with E-state index < -0.39 is 16.4 Å². The third-order valence-electron chi connectivity index (χ3n) is 9.97. The lowest BCUT2D eigenvalue weighted by molar-refractivity contribution is 1.44. The number of rotatable bonds is 7. The van der Waals surface area contributed by atoms with Gasteiger partial charge in [-0.2, -0.15) is 0 Å². The first-order valence-electron chi connectivity index (χ1n) is 18.2. The van der Waals surface area contributed by atoms with Gasteiger partial charge in [-0.25, -0.2) is 0 Å². The number of para-hydroxylation sites is 8. The molecule has 0 fully saturated rings. The van der Waals surface area contributed by atoms with E-state index in [0.29, 0.717) is 0 Å². The number of benzene rings is 8. The summed E-state index contributed by atoms with van der Waals surface area (Å²) in [5.74, 6) is 0. The second-order valence-corrected chi connectivity index (χ2v) is 17.0. The highest BCUT2D eigenvalue weighted by molar-refractivity contribution is 7.70. The zero-order chi connectivity index (χ0) is 35.8. The zero-order valence-corrected chi connectivity index (χ0v) is 31.3. The number of hydrogen-bond donors (Lipinski definition) is 0. The van der Waals surface area contributed by atoms with Crippen molar-refractivity contribution in [3.8, 4) is 11.1 Å². The van der Waals surface area contributed by atoms with Crippen LogP contribution >= 0.6 is 16.4 Å². The van der Waals surface area contributed by atoms with Gasteiger partial charge in [0.1, 0.15) is 16.4 Å². The van der Waals surface area contributed by atoms with Gasteiger partial charge in [-0.05, 0) is 83.9 Å². The highest BCUT2D eigenvalue weighted by Crippen LogP contribution is 2.66. The van der Waals surface area contributed by atoms with Gasteiger partial charge in [-0.3, -0.25) is 18.7 Å². The molecule has 2 heterocycles. The third kappa shape index (κ3) is 5.63. The minimum atomic E-state index is -0.958. The quantitative estimate of drug-likeness (QED) is 0.151. The van der Waals surface area contributed by atoms with Gasteiger partial charge in [-0.1, -0.05) is 146 Å². The van der Waals surface area contributed by atoms with Crippen LogP contribution in [0.3, 0.4) is 0 Å². The van der Waals surface area contributed by atoms with Gasteiger partial charge in [0.2, 0.25) is 0 Å². The van der Waals surface area contributed by atoms with E-state index in [9.17, 15) is 0 Å². The SMILES string of the molecule is c1ccc(N2c3ccccc3N(c3ccccc3)P2c2ccc(-c3ccc(P4N(c5ccccc5)c5ccccc5N4c4ccccc4)cc3)cc2)cc1. The van der Waals surface area contributed by atoms with E-state index in [2.05, 4.69) is 237 Å². The molecule has 0 saturated carbocycles. The molecule has 258 valence electrons. The first-order valence-corrected chi connectivity index (χ1v) is 20.7. The van der Waals surface area contributed by atoms with E-state index in [-0.39, 0.29) is 0 Å². The van der Waals surface area contributed by atoms with Crippen LogP contribution in [0.2, 0.25) is 0 Å². The molecular weight excluding hydrogens is 695 g/mol. The third-order valence-corrected chi connectivity index (χ3v) is 14.8. The predicted octanol–water partition coefficient (Wildman–Crippen LogP) is 13.2. The minimum Gasteiger partial charge on any atom is -0.297 e. The van der Waals surface area contributed by atoms with Gasteiger partial charge >= 0.3 is 0 Å². The molecular formula is C48H36N4P2. The summed E-state index contributed by atoms with van der Waals surface area (Å²) >= 11 is 0. The maximum atomic E-state index is 2.53. The lowest BCUT2D eigenvalue weighted by Gasteiger charge is -2.33. The Morgan fingerprint density at radius 3 is 0.685 bits per heavy atom. The standard InChI is InChI=1S/C48H36N4P2/c1-5-17-39(18-6-1)49-45-25-13-14-26-46(45)50(40-19-7-2-8-20-40)53(49)43-33-29-37(30-34-43)38-31-35-44(36-32-38)54-51(41-21-9-3-10-22-41)47-27-15-16-28-48(47)52(54)42-23-11-4-12-24-42/h1-36H. The lowest BCUT2D eigenvalue weighted by atomic mass is 10.1. The molecule has 0 amide bonds. The van der Waals surface area contributed by atoms with Gasteiger partial charge in [0.25, 0.3) is 0 Å². The Morgan fingerprint density at radius 2 is 0.444 bits per heavy atom. The maximum absolute atomic E-state index is 2.53. The highest BCUT2D eigenvalue weighted by Gasteiger charge is 2.41. The van der Waals surface area contributed by atoms with Crippen LogP contribution in [0.1, 0.15) is 0 Å². The average molecular weight is 731 g/mol. The normalized spacial score (nSPS) is 14.0. The van der Waals surface area contributed by atoms with E-state index in [1.165, 1.54) is 67.2 Å². The van der Waals surface area contributed by atoms with Gasteiger partial charge in [0, 0.05) is 33.4 Å². The van der Waals surface area contributed by atoms with Crippen LogP contribution in [0.15, 0.2) is 218 Å². The summed E-state index contributed by atoms with van der Waals surface area (Å²) < 4.78 is 10.1. The minimum absolute atomic E-state index is 0.958. The number of hydrogen-bond acceptors (Lipinski definition) is 4. The summed E-state index contributed by atoms with van der Waals surface area (Å²) in [6.07, 6.45) is 0. The Morgan fingerprint density at radius 1 is 0.222 bits per heavy atom. The number of nitrogens with zero attached hydrogens (tertiary/aromatic N) is 4. The van der Waals surface area contributed by atoms with Crippen LogP contribution in [0.4, 0.5) is 45.5 Å². The summed E-state index contributed by atoms with van der Waals surface area (Å²) in [6.45, 7) is 0. The van der Waals surface area contributed by atoms with E-state index in [1.807, 2.05) is 0 Å². The zero-order valence-electron chi connectivity index (χ0n) is 29.5. The van der Waals surface area contributed by atoms with Crippen molar-refractivity contribution in [1.82, 2.24) is 0 Å². The van der Waals surface area contributed by atoms with Crippen molar-refractivity contribution in [2.45, 2.75) is 0 Å². The fourth-order valence-corrected chi connectivity index (χ4v) is 12.6. The van der Waals surface area contributed by atoms with Crippen LogP contribution in [-0.2, 0) is 0 Å². The number of fused-ring (bicyclic) bond motifs is 2. The second-order valence-electron chi connectivity index (χ2n) is 13.2. The van der Waals surface area contributed by atoms with Crippen LogP contribution < -0.4 is 29.3 Å². The molecule has 0 radical (unpaired) electrons. The second kappa shape index (κ2) is 14.0. The van der Waals surface area contributed by atoms with Crippen LogP contribution in [-0.4, -0.2) is 0 Å². The Kier molecular flexibility index (Phi) is 8.41. The maximum Gasteiger partial charge on any atom is 0.138 e. The molecule has 0 unspecified atom stereocenters. The summed E-state index contributed by atoms with van der Waals surface area (Å²) in [4.78, 5) is 0. The van der Waals surface area contributed by atoms with Crippen LogP contribution in [0, 0.1) is 0 Å². The summed E-state index contributed by atoms with van der Waals surface area (Å²) in [6, 6.07) is 79.3. The van der Waals surface area contributed by atoms with Crippen molar-refractivity contribution in [2.24, 2.45) is 0 Å². The molecule has 8 aromatic carbocycles. The Hall–Kier alpha value is -6.18. The largest absolute Gasteiger partial charge is 0.297 e. The van der Waals surface area contributed by atoms with E-state index >= 15 is 0 Å². The summed E-state index contributed by atoms with van der Waals surface area (Å²) in [7, 11) is -1.92. The molecule has 10 rings (SSSR count). The van der Waals surface area contributed by atoms with Gasteiger partial charge in [0.15, 0.2) is 0 Å². The molecule has 2 aliphatic heterocycles. The smallest absolute Gasteiger partial charge is 0.138 e. The van der Waals surface area contributed by atoms with Crippen molar-refractivity contribution < 1.29 is 0 Å². The average Bonchev–Trinajstić information content (AvgIpc) is 3.79. The first-order chi connectivity index (χ1) is 26.8. The molecule has 0 bridgehead atoms. The molecule has 8 aromatic rings. The molecule has 0 atom stereocenters. The van der Waals surface area contributed by atoms with Gasteiger partial charge < -0.3 is 0 Å². The topological polar surface area (TPSA) is 13.0 Å². The van der Waals surface area contributed by atoms with Crippen molar-refractivity contribution >= 4 is 72.6 Å². The molecule has 0 aliphatic carbocycles. The van der Waals surface area contributed by atoms with E-state index in [0.717, 1.165) is 0 Å². The van der Waals surface area contributed by atoms with Crippen molar-refractivity contribution in [3.63, 3.8) is 0 Å². The Bertz CT molecular complexity index is 2200. The molecule has 0 saturated heterocycles.